The van der Waals surface area contributed by atoms with Crippen molar-refractivity contribution in [1.29, 1.82) is 0 Å². The minimum absolute atomic E-state index is 0.0400. The van der Waals surface area contributed by atoms with Gasteiger partial charge in [0.1, 0.15) is 0 Å². The lowest BCUT2D eigenvalue weighted by atomic mass is 10.0. The molecule has 2 amide bonds. The number of hydrogen-bond acceptors (Lipinski definition) is 2. The van der Waals surface area contributed by atoms with Crippen LogP contribution in [0.3, 0.4) is 0 Å². The number of benzene rings is 2. The number of carbonyl (C=O) groups is 2. The van der Waals surface area contributed by atoms with E-state index < -0.39 is 0 Å². The normalized spacial score (nSPS) is 17.8. The highest BCUT2D eigenvalue weighted by molar-refractivity contribution is 5.89. The van der Waals surface area contributed by atoms with Gasteiger partial charge in [0, 0.05) is 19.5 Å². The molecule has 1 aliphatic heterocycles. The molecular weight excluding hydrogens is 336 g/mol. The SMILES string of the molecule is CCc1ccc(C(C)NC(=O)C2CC(=O)N(Cc3ccc(C)cc3)C2)cc1. The molecule has 27 heavy (non-hydrogen) atoms. The second-order valence-corrected chi connectivity index (χ2v) is 7.49. The summed E-state index contributed by atoms with van der Waals surface area (Å²) in [5.74, 6) is -0.266. The van der Waals surface area contributed by atoms with Gasteiger partial charge < -0.3 is 10.2 Å². The van der Waals surface area contributed by atoms with E-state index in [0.29, 0.717) is 19.5 Å². The monoisotopic (exact) mass is 364 g/mol. The van der Waals surface area contributed by atoms with E-state index in [-0.39, 0.29) is 23.8 Å². The standard InChI is InChI=1S/C23H28N2O2/c1-4-18-9-11-20(12-10-18)17(3)24-23(27)21-13-22(26)25(15-21)14-19-7-5-16(2)6-8-19/h5-12,17,21H,4,13-15H2,1-3H3,(H,24,27). The van der Waals surface area contributed by atoms with Crippen molar-refractivity contribution in [3.05, 3.63) is 70.8 Å². The minimum atomic E-state index is -0.277. The Morgan fingerprint density at radius 1 is 1.11 bits per heavy atom. The van der Waals surface area contributed by atoms with Crippen LogP contribution in [-0.4, -0.2) is 23.3 Å². The summed E-state index contributed by atoms with van der Waals surface area (Å²) in [6.45, 7) is 7.21. The van der Waals surface area contributed by atoms with E-state index in [1.807, 2.05) is 38.1 Å². The summed E-state index contributed by atoms with van der Waals surface area (Å²) in [4.78, 5) is 26.8. The van der Waals surface area contributed by atoms with Gasteiger partial charge in [0.05, 0.1) is 12.0 Å². The smallest absolute Gasteiger partial charge is 0.225 e. The molecule has 3 rings (SSSR count). The van der Waals surface area contributed by atoms with Crippen LogP contribution >= 0.6 is 0 Å². The first-order chi connectivity index (χ1) is 13.0. The molecule has 2 aromatic rings. The van der Waals surface area contributed by atoms with Crippen LogP contribution < -0.4 is 5.32 Å². The molecule has 0 spiro atoms. The van der Waals surface area contributed by atoms with Crippen LogP contribution in [-0.2, 0) is 22.6 Å². The molecule has 1 N–H and O–H groups in total. The molecule has 142 valence electrons. The second-order valence-electron chi connectivity index (χ2n) is 7.49. The van der Waals surface area contributed by atoms with Gasteiger partial charge in [-0.2, -0.15) is 0 Å². The van der Waals surface area contributed by atoms with Crippen LogP contribution in [0.25, 0.3) is 0 Å². The van der Waals surface area contributed by atoms with Crippen LogP contribution in [0.5, 0.6) is 0 Å². The summed E-state index contributed by atoms with van der Waals surface area (Å²) in [5, 5.41) is 3.07. The fraction of sp³-hybridized carbons (Fsp3) is 0.391. The molecule has 0 radical (unpaired) electrons. The Hall–Kier alpha value is -2.62. The Bertz CT molecular complexity index is 796. The van der Waals surface area contributed by atoms with Crippen LogP contribution in [0.4, 0.5) is 0 Å². The third kappa shape index (κ3) is 4.76. The van der Waals surface area contributed by atoms with Gasteiger partial charge in [0.25, 0.3) is 0 Å². The van der Waals surface area contributed by atoms with E-state index >= 15 is 0 Å². The zero-order valence-electron chi connectivity index (χ0n) is 16.4. The van der Waals surface area contributed by atoms with Crippen LogP contribution in [0, 0.1) is 12.8 Å². The fourth-order valence-electron chi connectivity index (χ4n) is 3.47. The lowest BCUT2D eigenvalue weighted by Gasteiger charge is -2.19. The van der Waals surface area contributed by atoms with Crippen LogP contribution in [0.1, 0.15) is 48.6 Å². The second kappa shape index (κ2) is 8.38. The van der Waals surface area contributed by atoms with Crippen molar-refractivity contribution in [2.24, 2.45) is 5.92 Å². The van der Waals surface area contributed by atoms with Gasteiger partial charge in [-0.1, -0.05) is 61.0 Å². The van der Waals surface area contributed by atoms with E-state index in [1.165, 1.54) is 11.1 Å². The topological polar surface area (TPSA) is 49.4 Å². The van der Waals surface area contributed by atoms with Gasteiger partial charge in [0.15, 0.2) is 0 Å². The molecule has 1 heterocycles. The van der Waals surface area contributed by atoms with Crippen molar-refractivity contribution in [2.45, 2.75) is 46.2 Å². The average molecular weight is 364 g/mol. The van der Waals surface area contributed by atoms with Crippen molar-refractivity contribution in [3.8, 4) is 0 Å². The molecule has 4 heteroatoms. The first-order valence-corrected chi connectivity index (χ1v) is 9.68. The van der Waals surface area contributed by atoms with E-state index in [2.05, 4.69) is 36.5 Å². The van der Waals surface area contributed by atoms with Crippen molar-refractivity contribution >= 4 is 11.8 Å². The summed E-state index contributed by atoms with van der Waals surface area (Å²) in [5.41, 5.74) is 4.66. The Morgan fingerprint density at radius 3 is 2.37 bits per heavy atom. The largest absolute Gasteiger partial charge is 0.349 e. The first-order valence-electron chi connectivity index (χ1n) is 9.68. The summed E-state index contributed by atoms with van der Waals surface area (Å²) in [7, 11) is 0. The van der Waals surface area contributed by atoms with Gasteiger partial charge in [-0.25, -0.2) is 0 Å². The molecule has 1 aliphatic rings. The van der Waals surface area contributed by atoms with E-state index in [1.54, 1.807) is 4.90 Å². The summed E-state index contributed by atoms with van der Waals surface area (Å²) in [6, 6.07) is 16.4. The molecule has 1 fully saturated rings. The molecule has 2 aromatic carbocycles. The Morgan fingerprint density at radius 2 is 1.74 bits per heavy atom. The van der Waals surface area contributed by atoms with Gasteiger partial charge >= 0.3 is 0 Å². The van der Waals surface area contributed by atoms with Crippen molar-refractivity contribution in [2.75, 3.05) is 6.54 Å². The Balaban J connectivity index is 1.57. The zero-order chi connectivity index (χ0) is 19.4. The molecular formula is C23H28N2O2. The quantitative estimate of drug-likeness (QED) is 0.848. The molecule has 0 bridgehead atoms. The maximum Gasteiger partial charge on any atom is 0.225 e. The fourth-order valence-corrected chi connectivity index (χ4v) is 3.47. The number of amides is 2. The van der Waals surface area contributed by atoms with Crippen LogP contribution in [0.15, 0.2) is 48.5 Å². The number of nitrogens with one attached hydrogen (secondary N) is 1. The predicted octanol–water partition coefficient (Wildman–Crippen LogP) is 3.78. The summed E-state index contributed by atoms with van der Waals surface area (Å²) >= 11 is 0. The summed E-state index contributed by atoms with van der Waals surface area (Å²) in [6.07, 6.45) is 1.29. The lowest BCUT2D eigenvalue weighted by molar-refractivity contribution is -0.129. The average Bonchev–Trinajstić information content (AvgIpc) is 3.04. The number of nitrogens with zero attached hydrogens (tertiary/aromatic N) is 1. The highest BCUT2D eigenvalue weighted by Crippen LogP contribution is 2.22. The van der Waals surface area contributed by atoms with E-state index in [9.17, 15) is 9.59 Å². The maximum atomic E-state index is 12.7. The molecule has 2 atom stereocenters. The highest BCUT2D eigenvalue weighted by atomic mass is 16.2. The minimum Gasteiger partial charge on any atom is -0.349 e. The zero-order valence-corrected chi connectivity index (χ0v) is 16.4. The molecule has 0 aromatic heterocycles. The lowest BCUT2D eigenvalue weighted by Crippen LogP contribution is -2.34. The van der Waals surface area contributed by atoms with E-state index in [4.69, 9.17) is 0 Å². The highest BCUT2D eigenvalue weighted by Gasteiger charge is 2.34. The number of rotatable bonds is 6. The molecule has 1 saturated heterocycles. The van der Waals surface area contributed by atoms with Crippen molar-refractivity contribution in [1.82, 2.24) is 10.2 Å². The summed E-state index contributed by atoms with van der Waals surface area (Å²) < 4.78 is 0. The third-order valence-electron chi connectivity index (χ3n) is 5.33. The van der Waals surface area contributed by atoms with Gasteiger partial charge in [-0.05, 0) is 37.0 Å². The Kier molecular flexibility index (Phi) is 5.94. The Labute approximate surface area is 161 Å². The van der Waals surface area contributed by atoms with Crippen molar-refractivity contribution < 1.29 is 9.59 Å². The number of hydrogen-bond donors (Lipinski definition) is 1. The number of likely N-dealkylation sites (tertiary alicyclic amines) is 1. The van der Waals surface area contributed by atoms with Gasteiger partial charge in [0.2, 0.25) is 11.8 Å². The molecule has 4 nitrogen and oxygen atoms in total. The number of aryl methyl sites for hydroxylation is 2. The van der Waals surface area contributed by atoms with Gasteiger partial charge in [-0.15, -0.1) is 0 Å². The van der Waals surface area contributed by atoms with Gasteiger partial charge in [-0.3, -0.25) is 9.59 Å². The first kappa shape index (κ1) is 19.2. The van der Waals surface area contributed by atoms with Crippen LogP contribution in [0.2, 0.25) is 0 Å². The molecule has 0 saturated carbocycles. The van der Waals surface area contributed by atoms with Crippen molar-refractivity contribution in [3.63, 3.8) is 0 Å². The molecule has 0 aliphatic carbocycles. The maximum absolute atomic E-state index is 12.7. The number of carbonyl (C=O) groups excluding carboxylic acids is 2. The van der Waals surface area contributed by atoms with E-state index in [0.717, 1.165) is 17.5 Å². The predicted molar refractivity (Wildman–Crippen MR) is 107 cm³/mol. The molecule has 2 unspecified atom stereocenters. The third-order valence-corrected chi connectivity index (χ3v) is 5.33.